The van der Waals surface area contributed by atoms with Gasteiger partial charge < -0.3 is 31.1 Å². The van der Waals surface area contributed by atoms with Crippen LogP contribution >= 0.6 is 0 Å². The van der Waals surface area contributed by atoms with E-state index in [1.165, 1.54) is 13.8 Å². The topological polar surface area (TPSA) is 149 Å². The number of aliphatic hydroxyl groups is 2. The molecule has 0 saturated heterocycles. The van der Waals surface area contributed by atoms with Gasteiger partial charge in [-0.1, -0.05) is 74.5 Å². The number of allylic oxidation sites excluding steroid dienone is 2. The summed E-state index contributed by atoms with van der Waals surface area (Å²) in [6, 6.07) is 17.9. The number of hydrogen-bond donors (Lipinski definition) is 2. The molecular formula is C24H30N2O6Ti-4. The molecule has 2 rings (SSSR count). The van der Waals surface area contributed by atoms with Crippen LogP contribution < -0.4 is 10.2 Å². The van der Waals surface area contributed by atoms with Crippen LogP contribution in [0.25, 0.3) is 10.6 Å². The minimum Gasteiger partial charge on any atom is -0.855 e. The van der Waals surface area contributed by atoms with Gasteiger partial charge in [-0.05, 0) is 13.8 Å². The number of benzene rings is 2. The molecule has 0 aromatic heterocycles. The SMILES string of the molecule is CC(=O)/C=C(\O)[N-]c1ccccc1.CC(=O)/C=C(\O)[N-]c1ccccc1.CC[O-].CC[O-].[Ti]. The van der Waals surface area contributed by atoms with Crippen molar-refractivity contribution in [2.24, 2.45) is 0 Å². The molecule has 2 N–H and O–H groups in total. The van der Waals surface area contributed by atoms with Gasteiger partial charge in [-0.25, -0.2) is 0 Å². The van der Waals surface area contributed by atoms with Crippen LogP contribution in [0.1, 0.15) is 27.7 Å². The van der Waals surface area contributed by atoms with Crippen LogP contribution in [-0.2, 0) is 31.3 Å². The van der Waals surface area contributed by atoms with Gasteiger partial charge >= 0.3 is 0 Å². The Morgan fingerprint density at radius 1 is 0.727 bits per heavy atom. The summed E-state index contributed by atoms with van der Waals surface area (Å²) >= 11 is 0. The summed E-state index contributed by atoms with van der Waals surface area (Å²) in [5.41, 5.74) is 1.25. The Balaban J connectivity index is -0.000000430. The van der Waals surface area contributed by atoms with E-state index in [1.54, 1.807) is 62.4 Å². The zero-order valence-electron chi connectivity index (χ0n) is 19.3. The maximum Gasteiger partial charge on any atom is 0.154 e. The van der Waals surface area contributed by atoms with Crippen LogP contribution in [0, 0.1) is 0 Å². The van der Waals surface area contributed by atoms with Crippen molar-refractivity contribution in [2.45, 2.75) is 27.7 Å². The zero-order chi connectivity index (χ0) is 24.8. The maximum atomic E-state index is 10.5. The summed E-state index contributed by atoms with van der Waals surface area (Å²) < 4.78 is 0. The third kappa shape index (κ3) is 25.2. The minimum atomic E-state index is -0.265. The standard InChI is InChI=1S/2C10H11NO2.2C2H5O.Ti/c2*1-8(12)7-10(13)11-9-5-3-2-4-6-9;2*1-2-3;/h2*2-7H,1H3,(H2,11,12,13);2*2H2,1H3;/q;;2*-1;/p-2. The Bertz CT molecular complexity index is 743. The first-order valence-corrected chi connectivity index (χ1v) is 9.72. The normalized spacial score (nSPS) is 9.76. The van der Waals surface area contributed by atoms with Gasteiger partial charge in [0, 0.05) is 45.6 Å². The second-order valence-electron chi connectivity index (χ2n) is 5.70. The first-order chi connectivity index (χ1) is 15.2. The van der Waals surface area contributed by atoms with Crippen molar-refractivity contribution in [2.75, 3.05) is 13.2 Å². The van der Waals surface area contributed by atoms with Gasteiger partial charge in [0.25, 0.3) is 0 Å². The molecule has 0 unspecified atom stereocenters. The van der Waals surface area contributed by atoms with E-state index >= 15 is 0 Å². The summed E-state index contributed by atoms with van der Waals surface area (Å²) in [6.45, 7) is 5.85. The van der Waals surface area contributed by atoms with E-state index in [4.69, 9.17) is 20.4 Å². The van der Waals surface area contributed by atoms with E-state index in [0.717, 1.165) is 12.2 Å². The molecule has 0 aliphatic heterocycles. The third-order valence-corrected chi connectivity index (χ3v) is 2.66. The Morgan fingerprint density at radius 3 is 1.18 bits per heavy atom. The smallest absolute Gasteiger partial charge is 0.154 e. The Kier molecular flexibility index (Phi) is 25.0. The van der Waals surface area contributed by atoms with Crippen molar-refractivity contribution in [3.8, 4) is 0 Å². The van der Waals surface area contributed by atoms with Gasteiger partial charge in [0.1, 0.15) is 0 Å². The predicted molar refractivity (Wildman–Crippen MR) is 123 cm³/mol. The number of para-hydroxylation sites is 2. The quantitative estimate of drug-likeness (QED) is 0.354. The van der Waals surface area contributed by atoms with Gasteiger partial charge in [-0.2, -0.15) is 0 Å². The number of ketones is 2. The summed E-state index contributed by atoms with van der Waals surface area (Å²) in [6.07, 6.45) is 2.15. The fourth-order valence-corrected chi connectivity index (χ4v) is 1.70. The van der Waals surface area contributed by atoms with Crippen LogP contribution in [0.15, 0.2) is 84.6 Å². The minimum absolute atomic E-state index is 0. The molecule has 0 fully saturated rings. The Morgan fingerprint density at radius 2 is 0.970 bits per heavy atom. The molecule has 0 saturated carbocycles. The summed E-state index contributed by atoms with van der Waals surface area (Å²) in [5, 5.41) is 43.7. The number of aliphatic hydroxyl groups excluding tert-OH is 2. The van der Waals surface area contributed by atoms with Crippen molar-refractivity contribution >= 4 is 22.9 Å². The van der Waals surface area contributed by atoms with Crippen LogP contribution in [0.5, 0.6) is 0 Å². The van der Waals surface area contributed by atoms with Gasteiger partial charge in [-0.15, -0.1) is 24.6 Å². The Labute approximate surface area is 210 Å². The van der Waals surface area contributed by atoms with Gasteiger partial charge in [-0.3, -0.25) is 9.59 Å². The molecule has 8 nitrogen and oxygen atoms in total. The maximum absolute atomic E-state index is 10.5. The average Bonchev–Trinajstić information content (AvgIpc) is 2.70. The van der Waals surface area contributed by atoms with Crippen molar-refractivity contribution in [3.05, 3.63) is 95.2 Å². The summed E-state index contributed by atoms with van der Waals surface area (Å²) in [4.78, 5) is 21.1. The number of nitrogens with zero attached hydrogens (tertiary/aromatic N) is 2. The molecule has 2 aromatic carbocycles. The molecule has 0 atom stereocenters. The van der Waals surface area contributed by atoms with Crippen molar-refractivity contribution in [1.29, 1.82) is 0 Å². The zero-order valence-corrected chi connectivity index (χ0v) is 20.8. The third-order valence-electron chi connectivity index (χ3n) is 2.66. The Hall–Kier alpha value is -2.91. The van der Waals surface area contributed by atoms with E-state index in [2.05, 4.69) is 10.6 Å². The van der Waals surface area contributed by atoms with Gasteiger partial charge in [0.2, 0.25) is 0 Å². The number of carbonyl (C=O) groups excluding carboxylic acids is 2. The fraction of sp³-hybridized carbons (Fsp3) is 0.250. The van der Waals surface area contributed by atoms with Gasteiger partial charge in [0.05, 0.1) is 0 Å². The van der Waals surface area contributed by atoms with E-state index in [1.807, 2.05) is 12.1 Å². The van der Waals surface area contributed by atoms with Crippen molar-refractivity contribution in [3.63, 3.8) is 0 Å². The molecule has 33 heavy (non-hydrogen) atoms. The average molecular weight is 490 g/mol. The molecule has 0 radical (unpaired) electrons. The van der Waals surface area contributed by atoms with Crippen molar-refractivity contribution in [1.82, 2.24) is 0 Å². The molecule has 9 heteroatoms. The van der Waals surface area contributed by atoms with E-state index in [9.17, 15) is 9.59 Å². The van der Waals surface area contributed by atoms with Crippen LogP contribution in [-0.4, -0.2) is 35.0 Å². The van der Waals surface area contributed by atoms with E-state index < -0.39 is 0 Å². The van der Waals surface area contributed by atoms with Crippen LogP contribution in [0.4, 0.5) is 11.4 Å². The second-order valence-corrected chi connectivity index (χ2v) is 5.70. The molecule has 0 aliphatic carbocycles. The molecule has 0 amide bonds. The molecule has 0 aliphatic rings. The number of carbonyl (C=O) groups is 2. The fourth-order valence-electron chi connectivity index (χ4n) is 1.70. The van der Waals surface area contributed by atoms with E-state index in [0.29, 0.717) is 11.4 Å². The molecule has 0 bridgehead atoms. The van der Waals surface area contributed by atoms with E-state index in [-0.39, 0.29) is 58.3 Å². The second kappa shape index (κ2) is 23.8. The molecular weight excluding hydrogens is 460 g/mol. The molecule has 0 spiro atoms. The molecule has 0 heterocycles. The molecule has 2 aromatic rings. The number of rotatable bonds is 6. The number of hydrogen-bond acceptors (Lipinski definition) is 6. The monoisotopic (exact) mass is 490 g/mol. The summed E-state index contributed by atoms with van der Waals surface area (Å²) in [7, 11) is 0. The first kappa shape index (κ1) is 34.7. The van der Waals surface area contributed by atoms with Crippen LogP contribution in [0.2, 0.25) is 0 Å². The molecule has 180 valence electrons. The first-order valence-electron chi connectivity index (χ1n) is 9.72. The summed E-state index contributed by atoms with van der Waals surface area (Å²) in [5.74, 6) is -0.980. The van der Waals surface area contributed by atoms with Crippen molar-refractivity contribution < 1.29 is 51.7 Å². The van der Waals surface area contributed by atoms with Crippen LogP contribution in [0.3, 0.4) is 0 Å². The largest absolute Gasteiger partial charge is 0.855 e. The van der Waals surface area contributed by atoms with Gasteiger partial charge in [0.15, 0.2) is 11.6 Å². The predicted octanol–water partition coefficient (Wildman–Crippen LogP) is 4.09.